The number of phosphoric ester groups is 1. The van der Waals surface area contributed by atoms with Crippen LogP contribution >= 0.6 is 7.82 Å². The standard InChI is InChI=1S/C47H90NO8P/c1-6-8-10-12-14-16-18-20-22-24-26-28-30-32-34-36-38-40-47(50)56-45(44-55-57(51,52)54-42-41-48(3,4)5)43-53-46(49)39-37-35-33-31-29-27-25-23-21-19-17-15-13-11-9-7-2/h20,22-23,25,45H,6-19,21,24,26-44H2,1-5H3/p+1/b22-20-,25-23-. The summed E-state index contributed by atoms with van der Waals surface area (Å²) in [5, 5.41) is 0. The van der Waals surface area contributed by atoms with Gasteiger partial charge in [0.15, 0.2) is 6.10 Å². The maximum atomic E-state index is 12.7. The fourth-order valence-electron chi connectivity index (χ4n) is 6.47. The molecular weight excluding hydrogens is 737 g/mol. The summed E-state index contributed by atoms with van der Waals surface area (Å²) in [5.41, 5.74) is 0. The Morgan fingerprint density at radius 2 is 0.895 bits per heavy atom. The van der Waals surface area contributed by atoms with Crippen LogP contribution in [0.2, 0.25) is 0 Å². The lowest BCUT2D eigenvalue weighted by molar-refractivity contribution is -0.870. The van der Waals surface area contributed by atoms with E-state index in [1.54, 1.807) is 0 Å². The van der Waals surface area contributed by atoms with E-state index in [1.165, 1.54) is 116 Å². The molecule has 0 fully saturated rings. The monoisotopic (exact) mass is 829 g/mol. The molecule has 0 aliphatic carbocycles. The fraction of sp³-hybridized carbons (Fsp3) is 0.872. The molecule has 0 amide bonds. The van der Waals surface area contributed by atoms with E-state index in [0.717, 1.165) is 64.2 Å². The van der Waals surface area contributed by atoms with E-state index in [9.17, 15) is 19.0 Å². The number of quaternary nitrogens is 1. The number of hydrogen-bond acceptors (Lipinski definition) is 7. The number of allylic oxidation sites excluding steroid dienone is 4. The summed E-state index contributed by atoms with van der Waals surface area (Å²) in [6.45, 7) is 4.42. The van der Waals surface area contributed by atoms with Gasteiger partial charge in [0, 0.05) is 12.8 Å². The second kappa shape index (κ2) is 39.9. The number of rotatable bonds is 43. The smallest absolute Gasteiger partial charge is 0.462 e. The van der Waals surface area contributed by atoms with Gasteiger partial charge in [0.25, 0.3) is 0 Å². The van der Waals surface area contributed by atoms with Gasteiger partial charge in [0.1, 0.15) is 19.8 Å². The van der Waals surface area contributed by atoms with Gasteiger partial charge in [0.05, 0.1) is 27.7 Å². The van der Waals surface area contributed by atoms with Crippen LogP contribution in [0.1, 0.15) is 213 Å². The molecule has 0 rings (SSSR count). The lowest BCUT2D eigenvalue weighted by atomic mass is 10.1. The molecule has 10 heteroatoms. The Labute approximate surface area is 351 Å². The predicted molar refractivity (Wildman–Crippen MR) is 238 cm³/mol. The molecule has 57 heavy (non-hydrogen) atoms. The van der Waals surface area contributed by atoms with Crippen molar-refractivity contribution in [2.45, 2.75) is 219 Å². The Morgan fingerprint density at radius 3 is 1.30 bits per heavy atom. The van der Waals surface area contributed by atoms with Crippen LogP contribution in [0.4, 0.5) is 0 Å². The molecule has 0 aliphatic heterocycles. The maximum Gasteiger partial charge on any atom is 0.472 e. The molecule has 0 aliphatic rings. The van der Waals surface area contributed by atoms with Crippen molar-refractivity contribution >= 4 is 19.8 Å². The highest BCUT2D eigenvalue weighted by Gasteiger charge is 2.27. The van der Waals surface area contributed by atoms with Gasteiger partial charge >= 0.3 is 19.8 Å². The summed E-state index contributed by atoms with van der Waals surface area (Å²) in [4.78, 5) is 35.4. The van der Waals surface area contributed by atoms with Crippen molar-refractivity contribution in [1.29, 1.82) is 0 Å². The molecule has 0 heterocycles. The number of hydrogen-bond donors (Lipinski definition) is 1. The van der Waals surface area contributed by atoms with Gasteiger partial charge < -0.3 is 18.9 Å². The first-order valence-corrected chi connectivity index (χ1v) is 25.1. The fourth-order valence-corrected chi connectivity index (χ4v) is 7.22. The van der Waals surface area contributed by atoms with Gasteiger partial charge in [-0.25, -0.2) is 4.57 Å². The zero-order valence-electron chi connectivity index (χ0n) is 37.8. The van der Waals surface area contributed by atoms with Crippen molar-refractivity contribution in [3.05, 3.63) is 24.3 Å². The van der Waals surface area contributed by atoms with Crippen molar-refractivity contribution in [2.24, 2.45) is 0 Å². The van der Waals surface area contributed by atoms with E-state index in [2.05, 4.69) is 38.2 Å². The van der Waals surface area contributed by atoms with Crippen molar-refractivity contribution in [3.63, 3.8) is 0 Å². The van der Waals surface area contributed by atoms with E-state index >= 15 is 0 Å². The summed E-state index contributed by atoms with van der Waals surface area (Å²) >= 11 is 0. The predicted octanol–water partition coefficient (Wildman–Crippen LogP) is 13.5. The minimum atomic E-state index is -4.38. The number of carbonyl (C=O) groups excluding carboxylic acids is 2. The summed E-state index contributed by atoms with van der Waals surface area (Å²) in [6, 6.07) is 0. The Bertz CT molecular complexity index is 1030. The van der Waals surface area contributed by atoms with E-state index < -0.39 is 26.5 Å². The molecule has 9 nitrogen and oxygen atoms in total. The zero-order valence-corrected chi connectivity index (χ0v) is 38.7. The molecule has 336 valence electrons. The Morgan fingerprint density at radius 1 is 0.526 bits per heavy atom. The summed E-state index contributed by atoms with van der Waals surface area (Å²) < 4.78 is 34.4. The van der Waals surface area contributed by atoms with Gasteiger partial charge in [-0.15, -0.1) is 0 Å². The highest BCUT2D eigenvalue weighted by Crippen LogP contribution is 2.43. The molecule has 2 atom stereocenters. The van der Waals surface area contributed by atoms with Gasteiger partial charge in [0.2, 0.25) is 0 Å². The summed E-state index contributed by atoms with van der Waals surface area (Å²) in [7, 11) is 1.47. The lowest BCUT2D eigenvalue weighted by Gasteiger charge is -2.24. The highest BCUT2D eigenvalue weighted by molar-refractivity contribution is 7.47. The SMILES string of the molecule is CCCCCCCC/C=C\CCCCCCCCCC(=O)OC(COC(=O)CCCCCCC/C=C\CCCCCCCCC)COP(=O)(O)OCC[N+](C)(C)C. The largest absolute Gasteiger partial charge is 0.472 e. The molecule has 0 aromatic heterocycles. The first kappa shape index (κ1) is 55.5. The summed E-state index contributed by atoms with van der Waals surface area (Å²) in [6.07, 6.45) is 43.6. The van der Waals surface area contributed by atoms with Crippen LogP contribution in [0.5, 0.6) is 0 Å². The number of nitrogens with zero attached hydrogens (tertiary/aromatic N) is 1. The number of esters is 2. The molecule has 2 unspecified atom stereocenters. The molecule has 0 saturated carbocycles. The normalized spacial score (nSPS) is 13.7. The third-order valence-corrected chi connectivity index (χ3v) is 11.2. The minimum absolute atomic E-state index is 0.0308. The van der Waals surface area contributed by atoms with Gasteiger partial charge in [-0.05, 0) is 64.2 Å². The van der Waals surface area contributed by atoms with Crippen LogP contribution in [0.3, 0.4) is 0 Å². The molecule has 0 spiro atoms. The number of phosphoric acid groups is 1. The van der Waals surface area contributed by atoms with Gasteiger partial charge in [-0.3, -0.25) is 18.6 Å². The lowest BCUT2D eigenvalue weighted by Crippen LogP contribution is -2.37. The average molecular weight is 829 g/mol. The molecule has 0 saturated heterocycles. The summed E-state index contributed by atoms with van der Waals surface area (Å²) in [5.74, 6) is -0.807. The average Bonchev–Trinajstić information content (AvgIpc) is 3.16. The molecule has 0 aromatic rings. The van der Waals surface area contributed by atoms with Crippen molar-refractivity contribution in [1.82, 2.24) is 0 Å². The van der Waals surface area contributed by atoms with E-state index in [1.807, 2.05) is 21.1 Å². The maximum absolute atomic E-state index is 12.7. The van der Waals surface area contributed by atoms with Gasteiger partial charge in [-0.2, -0.15) is 0 Å². The third kappa shape index (κ3) is 43.9. The van der Waals surface area contributed by atoms with Crippen LogP contribution in [0.15, 0.2) is 24.3 Å². The topological polar surface area (TPSA) is 108 Å². The Balaban J connectivity index is 4.33. The third-order valence-electron chi connectivity index (χ3n) is 10.2. The Kier molecular flexibility index (Phi) is 38.9. The van der Waals surface area contributed by atoms with Crippen LogP contribution in [-0.2, 0) is 32.7 Å². The highest BCUT2D eigenvalue weighted by atomic mass is 31.2. The number of unbranched alkanes of at least 4 members (excludes halogenated alkanes) is 25. The Hall–Kier alpha value is -1.51. The quantitative estimate of drug-likeness (QED) is 0.0213. The van der Waals surface area contributed by atoms with Gasteiger partial charge in [-0.1, -0.05) is 160 Å². The van der Waals surface area contributed by atoms with Crippen LogP contribution in [0.25, 0.3) is 0 Å². The molecule has 1 N–H and O–H groups in total. The molecule has 0 radical (unpaired) electrons. The molecule has 0 aromatic carbocycles. The number of carbonyl (C=O) groups is 2. The van der Waals surface area contributed by atoms with Crippen LogP contribution in [0, 0.1) is 0 Å². The molecule has 0 bridgehead atoms. The van der Waals surface area contributed by atoms with Crippen molar-refractivity contribution in [3.8, 4) is 0 Å². The van der Waals surface area contributed by atoms with Crippen LogP contribution < -0.4 is 0 Å². The number of likely N-dealkylation sites (N-methyl/N-ethyl adjacent to an activating group) is 1. The first-order valence-electron chi connectivity index (χ1n) is 23.6. The second-order valence-corrected chi connectivity index (χ2v) is 18.6. The van der Waals surface area contributed by atoms with E-state index in [0.29, 0.717) is 17.4 Å². The van der Waals surface area contributed by atoms with E-state index in [-0.39, 0.29) is 32.0 Å². The molecular formula is C47H91NO8P+. The first-order chi connectivity index (χ1) is 27.5. The van der Waals surface area contributed by atoms with Crippen molar-refractivity contribution in [2.75, 3.05) is 47.5 Å². The number of ether oxygens (including phenoxy) is 2. The van der Waals surface area contributed by atoms with E-state index in [4.69, 9.17) is 18.5 Å². The van der Waals surface area contributed by atoms with Crippen molar-refractivity contribution < 1.29 is 42.1 Å². The second-order valence-electron chi connectivity index (χ2n) is 17.1. The zero-order chi connectivity index (χ0) is 42.1. The van der Waals surface area contributed by atoms with Crippen LogP contribution in [-0.4, -0.2) is 74.9 Å². The minimum Gasteiger partial charge on any atom is -0.462 e.